The van der Waals surface area contributed by atoms with Crippen LogP contribution in [0.4, 0.5) is 5.69 Å². The lowest BCUT2D eigenvalue weighted by Crippen LogP contribution is -2.45. The molecule has 0 fully saturated rings. The molecule has 0 aliphatic carbocycles. The van der Waals surface area contributed by atoms with Crippen molar-refractivity contribution in [1.29, 1.82) is 0 Å². The molecule has 2 atom stereocenters. The van der Waals surface area contributed by atoms with Crippen LogP contribution in [0.1, 0.15) is 18.5 Å². The van der Waals surface area contributed by atoms with E-state index in [9.17, 15) is 4.79 Å². The van der Waals surface area contributed by atoms with Crippen molar-refractivity contribution >= 4 is 34.6 Å². The molecule has 1 amide bonds. The highest BCUT2D eigenvalue weighted by Crippen LogP contribution is 2.28. The van der Waals surface area contributed by atoms with Gasteiger partial charge in [0.05, 0.1) is 13.2 Å². The molecule has 1 heterocycles. The molecule has 1 aliphatic rings. The van der Waals surface area contributed by atoms with Gasteiger partial charge in [0.2, 0.25) is 5.91 Å². The van der Waals surface area contributed by atoms with Crippen LogP contribution in [-0.4, -0.2) is 23.8 Å². The van der Waals surface area contributed by atoms with Crippen molar-refractivity contribution in [3.8, 4) is 5.75 Å². The third-order valence-corrected chi connectivity index (χ3v) is 4.35. The fourth-order valence-electron chi connectivity index (χ4n) is 2.89. The van der Waals surface area contributed by atoms with E-state index in [2.05, 4.69) is 15.6 Å². The summed E-state index contributed by atoms with van der Waals surface area (Å²) in [6, 6.07) is 16.8. The van der Waals surface area contributed by atoms with Gasteiger partial charge < -0.3 is 15.4 Å². The Morgan fingerprint density at radius 2 is 1.84 bits per heavy atom. The summed E-state index contributed by atoms with van der Waals surface area (Å²) in [6.07, 6.45) is 0. The first-order valence-electron chi connectivity index (χ1n) is 7.94. The van der Waals surface area contributed by atoms with E-state index in [1.165, 1.54) is 0 Å². The second kappa shape index (κ2) is 7.44. The normalized spacial score (nSPS) is 19.6. The molecular formula is C19H19N3O2S. The number of hydrogen-bond acceptors (Lipinski definition) is 3. The Morgan fingerprint density at radius 3 is 2.48 bits per heavy atom. The quantitative estimate of drug-likeness (QED) is 0.828. The standard InChI is InChI=1S/C19H19N3O2S/c1-12-16(18(23)21-14-8-10-15(24-2)11-9-14)17(22-19(25)20-12)13-6-4-3-5-7-13/h3-11,16-17H,1-2H3,(H,21,23)(H,22,25). The van der Waals surface area contributed by atoms with Crippen LogP contribution in [0.15, 0.2) is 59.6 Å². The first-order chi connectivity index (χ1) is 12.1. The lowest BCUT2D eigenvalue weighted by molar-refractivity contribution is -0.118. The van der Waals surface area contributed by atoms with Crippen LogP contribution in [0, 0.1) is 5.92 Å². The van der Waals surface area contributed by atoms with E-state index >= 15 is 0 Å². The van der Waals surface area contributed by atoms with E-state index < -0.39 is 5.92 Å². The number of nitrogens with one attached hydrogen (secondary N) is 2. The van der Waals surface area contributed by atoms with E-state index in [-0.39, 0.29) is 11.9 Å². The Labute approximate surface area is 152 Å². The van der Waals surface area contributed by atoms with Crippen molar-refractivity contribution in [3.05, 3.63) is 60.2 Å². The molecule has 0 aromatic heterocycles. The molecule has 3 rings (SSSR count). The summed E-state index contributed by atoms with van der Waals surface area (Å²) in [5, 5.41) is 6.51. The van der Waals surface area contributed by atoms with E-state index in [1.807, 2.05) is 49.4 Å². The SMILES string of the molecule is COc1ccc(NC(=O)C2C(C)=NC(=S)NC2c2ccccc2)cc1. The summed E-state index contributed by atoms with van der Waals surface area (Å²) in [5.74, 6) is 0.161. The van der Waals surface area contributed by atoms with Gasteiger partial charge >= 0.3 is 0 Å². The zero-order valence-corrected chi connectivity index (χ0v) is 14.8. The number of nitrogens with zero attached hydrogens (tertiary/aromatic N) is 1. The predicted octanol–water partition coefficient (Wildman–Crippen LogP) is 3.34. The van der Waals surface area contributed by atoms with Gasteiger partial charge in [-0.05, 0) is 49.0 Å². The van der Waals surface area contributed by atoms with Crippen molar-refractivity contribution in [2.45, 2.75) is 13.0 Å². The van der Waals surface area contributed by atoms with Crippen LogP contribution in [0.25, 0.3) is 0 Å². The molecule has 2 aromatic rings. The monoisotopic (exact) mass is 353 g/mol. The molecule has 6 heteroatoms. The number of carbonyl (C=O) groups excluding carboxylic acids is 1. The zero-order valence-electron chi connectivity index (χ0n) is 14.0. The van der Waals surface area contributed by atoms with Crippen molar-refractivity contribution in [2.24, 2.45) is 10.9 Å². The highest BCUT2D eigenvalue weighted by molar-refractivity contribution is 7.80. The minimum absolute atomic E-state index is 0.129. The van der Waals surface area contributed by atoms with Gasteiger partial charge in [0, 0.05) is 11.4 Å². The number of hydrogen-bond donors (Lipinski definition) is 2. The summed E-state index contributed by atoms with van der Waals surface area (Å²) in [6.45, 7) is 1.83. The first kappa shape index (κ1) is 17.1. The molecule has 0 radical (unpaired) electrons. The molecule has 2 aromatic carbocycles. The van der Waals surface area contributed by atoms with Gasteiger partial charge in [0.1, 0.15) is 11.7 Å². The molecular weight excluding hydrogens is 334 g/mol. The van der Waals surface area contributed by atoms with Crippen LogP contribution in [0.2, 0.25) is 0 Å². The lowest BCUT2D eigenvalue weighted by atomic mass is 9.87. The van der Waals surface area contributed by atoms with Gasteiger partial charge in [-0.3, -0.25) is 4.79 Å². The number of aliphatic imine (C=N–C) groups is 1. The Hall–Kier alpha value is -2.73. The van der Waals surface area contributed by atoms with Crippen molar-refractivity contribution < 1.29 is 9.53 Å². The van der Waals surface area contributed by atoms with Gasteiger partial charge in [-0.25, -0.2) is 4.99 Å². The minimum atomic E-state index is -0.448. The molecule has 0 saturated heterocycles. The topological polar surface area (TPSA) is 62.7 Å². The van der Waals surface area contributed by atoms with Gasteiger partial charge in [-0.1, -0.05) is 30.3 Å². The van der Waals surface area contributed by atoms with Crippen LogP contribution >= 0.6 is 12.2 Å². The highest BCUT2D eigenvalue weighted by atomic mass is 32.1. The molecule has 5 nitrogen and oxygen atoms in total. The Morgan fingerprint density at radius 1 is 1.16 bits per heavy atom. The number of benzene rings is 2. The zero-order chi connectivity index (χ0) is 17.8. The fraction of sp³-hybridized carbons (Fsp3) is 0.211. The van der Waals surface area contributed by atoms with Gasteiger partial charge in [-0.2, -0.15) is 0 Å². The molecule has 25 heavy (non-hydrogen) atoms. The van der Waals surface area contributed by atoms with E-state index in [1.54, 1.807) is 19.2 Å². The number of ether oxygens (including phenoxy) is 1. The number of rotatable bonds is 4. The summed E-state index contributed by atoms with van der Waals surface area (Å²) < 4.78 is 5.14. The molecule has 1 aliphatic heterocycles. The van der Waals surface area contributed by atoms with Gasteiger partial charge in [0.15, 0.2) is 5.11 Å². The smallest absolute Gasteiger partial charge is 0.235 e. The summed E-state index contributed by atoms with van der Waals surface area (Å²) in [7, 11) is 1.61. The maximum Gasteiger partial charge on any atom is 0.235 e. The number of thiocarbonyl (C=S) groups is 1. The maximum atomic E-state index is 12.9. The third kappa shape index (κ3) is 3.85. The largest absolute Gasteiger partial charge is 0.497 e. The Balaban J connectivity index is 1.86. The average Bonchev–Trinajstić information content (AvgIpc) is 2.62. The number of methoxy groups -OCH3 is 1. The average molecular weight is 353 g/mol. The van der Waals surface area contributed by atoms with Crippen LogP contribution in [0.5, 0.6) is 5.75 Å². The van der Waals surface area contributed by atoms with E-state index in [0.717, 1.165) is 11.3 Å². The second-order valence-electron chi connectivity index (χ2n) is 5.79. The van der Waals surface area contributed by atoms with Gasteiger partial charge in [-0.15, -0.1) is 0 Å². The first-order valence-corrected chi connectivity index (χ1v) is 8.35. The number of carbonyl (C=O) groups is 1. The minimum Gasteiger partial charge on any atom is -0.497 e. The van der Waals surface area contributed by atoms with Crippen molar-refractivity contribution in [1.82, 2.24) is 5.32 Å². The molecule has 2 unspecified atom stereocenters. The van der Waals surface area contributed by atoms with Crippen LogP contribution in [0.3, 0.4) is 0 Å². The third-order valence-electron chi connectivity index (χ3n) is 4.14. The van der Waals surface area contributed by atoms with Crippen LogP contribution in [-0.2, 0) is 4.79 Å². The lowest BCUT2D eigenvalue weighted by Gasteiger charge is -2.31. The predicted molar refractivity (Wildman–Crippen MR) is 103 cm³/mol. The summed E-state index contributed by atoms with van der Waals surface area (Å²) in [4.78, 5) is 17.2. The van der Waals surface area contributed by atoms with E-state index in [0.29, 0.717) is 16.5 Å². The second-order valence-corrected chi connectivity index (χ2v) is 6.17. The molecule has 128 valence electrons. The molecule has 0 saturated carbocycles. The molecule has 0 spiro atoms. The summed E-state index contributed by atoms with van der Waals surface area (Å²) in [5.41, 5.74) is 2.40. The fourth-order valence-corrected chi connectivity index (χ4v) is 3.16. The van der Waals surface area contributed by atoms with Crippen LogP contribution < -0.4 is 15.4 Å². The summed E-state index contributed by atoms with van der Waals surface area (Å²) >= 11 is 5.21. The van der Waals surface area contributed by atoms with Gasteiger partial charge in [0.25, 0.3) is 0 Å². The Kier molecular flexibility index (Phi) is 5.09. The highest BCUT2D eigenvalue weighted by Gasteiger charge is 2.35. The molecule has 0 bridgehead atoms. The maximum absolute atomic E-state index is 12.9. The molecule has 2 N–H and O–H groups in total. The Bertz CT molecular complexity index is 803. The number of amides is 1. The number of anilines is 1. The van der Waals surface area contributed by atoms with Crippen molar-refractivity contribution in [3.63, 3.8) is 0 Å². The van der Waals surface area contributed by atoms with E-state index in [4.69, 9.17) is 17.0 Å². The van der Waals surface area contributed by atoms with Crippen molar-refractivity contribution in [2.75, 3.05) is 12.4 Å².